The zero-order valence-corrected chi connectivity index (χ0v) is 34.7. The molecule has 0 saturated heterocycles. The van der Waals surface area contributed by atoms with Crippen molar-refractivity contribution in [2.24, 2.45) is 11.3 Å². The summed E-state index contributed by atoms with van der Waals surface area (Å²) in [5, 5.41) is 4.72. The highest BCUT2D eigenvalue weighted by Gasteiger charge is 2.35. The number of nitrogens with zero attached hydrogens (tertiary/aromatic N) is 2. The predicted octanol–water partition coefficient (Wildman–Crippen LogP) is 11.1. The summed E-state index contributed by atoms with van der Waals surface area (Å²) in [6, 6.07) is 27.4. The SMILES string of the molecule is COc1cc(/C=C2/CC(C(C)(C)C)Cc3c2nc2ccccc2c3C(=O)Nc2ccc(C3CCC(N(C)C(=O)c4ccc(Cl)cc4)CC3)cc2)cc(OC)c1OC. The summed E-state index contributed by atoms with van der Waals surface area (Å²) in [7, 11) is 6.73. The first-order valence-electron chi connectivity index (χ1n) is 19.7. The third-order valence-corrected chi connectivity index (χ3v) is 12.2. The summed E-state index contributed by atoms with van der Waals surface area (Å²) < 4.78 is 16.9. The molecule has 2 aliphatic carbocycles. The van der Waals surface area contributed by atoms with E-state index in [4.69, 9.17) is 30.8 Å². The van der Waals surface area contributed by atoms with E-state index in [1.165, 1.54) is 5.56 Å². The summed E-state index contributed by atoms with van der Waals surface area (Å²) in [6.07, 6.45) is 7.53. The number of allylic oxidation sites excluding steroid dienone is 1. The fourth-order valence-electron chi connectivity index (χ4n) is 8.57. The lowest BCUT2D eigenvalue weighted by atomic mass is 9.69. The number of nitrogens with one attached hydrogen (secondary N) is 1. The van der Waals surface area contributed by atoms with Crippen LogP contribution in [0.25, 0.3) is 22.6 Å². The van der Waals surface area contributed by atoms with E-state index in [1.807, 2.05) is 60.5 Å². The number of anilines is 1. The van der Waals surface area contributed by atoms with Gasteiger partial charge in [-0.05, 0) is 139 Å². The molecule has 1 atom stereocenters. The number of carbonyl (C=O) groups excluding carboxylic acids is 2. The van der Waals surface area contributed by atoms with Crippen molar-refractivity contribution >= 4 is 51.7 Å². The minimum atomic E-state index is -0.145. The van der Waals surface area contributed by atoms with E-state index in [0.717, 1.165) is 77.5 Å². The Hall–Kier alpha value is -5.34. The third-order valence-electron chi connectivity index (χ3n) is 12.0. The first-order chi connectivity index (χ1) is 27.4. The first kappa shape index (κ1) is 39.9. The zero-order valence-electron chi connectivity index (χ0n) is 33.9. The second-order valence-electron chi connectivity index (χ2n) is 16.4. The van der Waals surface area contributed by atoms with Gasteiger partial charge >= 0.3 is 0 Å². The third kappa shape index (κ3) is 8.38. The number of halogens is 1. The van der Waals surface area contributed by atoms with E-state index in [0.29, 0.717) is 39.3 Å². The highest BCUT2D eigenvalue weighted by Crippen LogP contribution is 2.46. The summed E-state index contributed by atoms with van der Waals surface area (Å²) >= 11 is 6.04. The number of pyridine rings is 1. The Kier molecular flexibility index (Phi) is 11.6. The van der Waals surface area contributed by atoms with Gasteiger partial charge in [-0.3, -0.25) is 9.59 Å². The van der Waals surface area contributed by atoms with Crippen molar-refractivity contribution < 1.29 is 23.8 Å². The van der Waals surface area contributed by atoms with Gasteiger partial charge in [0.05, 0.1) is 38.1 Å². The van der Waals surface area contributed by atoms with Crippen LogP contribution in [0.1, 0.15) is 102 Å². The van der Waals surface area contributed by atoms with E-state index in [-0.39, 0.29) is 29.2 Å². The maximum absolute atomic E-state index is 14.6. The molecular formula is C48H52ClN3O5. The molecule has 1 saturated carbocycles. The summed E-state index contributed by atoms with van der Waals surface area (Å²) in [5.41, 5.74) is 7.83. The Labute approximate surface area is 341 Å². The van der Waals surface area contributed by atoms with Gasteiger partial charge in [0.25, 0.3) is 11.8 Å². The summed E-state index contributed by atoms with van der Waals surface area (Å²) in [4.78, 5) is 34.8. The lowest BCUT2D eigenvalue weighted by Gasteiger charge is -2.37. The number of carbonyl (C=O) groups is 2. The average Bonchev–Trinajstić information content (AvgIpc) is 3.22. The van der Waals surface area contributed by atoms with Crippen LogP contribution in [0, 0.1) is 11.3 Å². The second kappa shape index (κ2) is 16.6. The molecule has 9 heteroatoms. The van der Waals surface area contributed by atoms with Gasteiger partial charge in [-0.25, -0.2) is 4.98 Å². The lowest BCUT2D eigenvalue weighted by molar-refractivity contribution is 0.0689. The molecule has 296 valence electrons. The molecule has 1 unspecified atom stereocenters. The molecule has 1 heterocycles. The van der Waals surface area contributed by atoms with Crippen LogP contribution in [0.5, 0.6) is 17.2 Å². The molecular weight excluding hydrogens is 734 g/mol. The Bertz CT molecular complexity index is 2280. The van der Waals surface area contributed by atoms with E-state index in [9.17, 15) is 9.59 Å². The molecule has 2 aliphatic rings. The van der Waals surface area contributed by atoms with Crippen molar-refractivity contribution in [3.05, 3.63) is 123 Å². The standard InChI is InChI=1S/C48H52ClN3O5/c1-48(2,3)34-27-33(24-29-25-41(55-5)45(57-7)42(26-29)56-6)44-39(28-34)43(38-10-8-9-11-40(38)51-44)46(53)50-36-20-14-30(15-21-36)31-16-22-37(23-17-31)52(4)47(54)32-12-18-35(49)19-13-32/h8-15,18-21,24-26,31,34,37H,16-17,22-23,27-28H2,1-7H3,(H,50,53)/b33-24-. The number of fused-ring (bicyclic) bond motifs is 2. The maximum Gasteiger partial charge on any atom is 0.256 e. The van der Waals surface area contributed by atoms with Crippen LogP contribution < -0.4 is 19.5 Å². The average molecular weight is 786 g/mol. The molecule has 8 nitrogen and oxygen atoms in total. The van der Waals surface area contributed by atoms with Crippen LogP contribution in [0.3, 0.4) is 0 Å². The molecule has 5 aromatic rings. The maximum atomic E-state index is 14.6. The van der Waals surface area contributed by atoms with Crippen molar-refractivity contribution in [1.29, 1.82) is 0 Å². The predicted molar refractivity (Wildman–Crippen MR) is 230 cm³/mol. The van der Waals surface area contributed by atoms with Gasteiger partial charge < -0.3 is 24.4 Å². The Morgan fingerprint density at radius 2 is 1.49 bits per heavy atom. The van der Waals surface area contributed by atoms with Crippen LogP contribution in [0.15, 0.2) is 84.9 Å². The molecule has 57 heavy (non-hydrogen) atoms. The molecule has 1 N–H and O–H groups in total. The number of aromatic nitrogens is 1. The quantitative estimate of drug-likeness (QED) is 0.160. The molecule has 4 aromatic carbocycles. The number of methoxy groups -OCH3 is 3. The number of hydrogen-bond acceptors (Lipinski definition) is 6. The lowest BCUT2D eigenvalue weighted by Crippen LogP contribution is -2.39. The first-order valence-corrected chi connectivity index (χ1v) is 20.1. The van der Waals surface area contributed by atoms with Gasteiger partial charge in [-0.1, -0.05) is 62.7 Å². The van der Waals surface area contributed by atoms with E-state index in [2.05, 4.69) is 44.3 Å². The minimum absolute atomic E-state index is 0.0257. The smallest absolute Gasteiger partial charge is 0.256 e. The van der Waals surface area contributed by atoms with E-state index < -0.39 is 0 Å². The van der Waals surface area contributed by atoms with Gasteiger partial charge in [0.1, 0.15) is 0 Å². The van der Waals surface area contributed by atoms with Gasteiger partial charge in [0.15, 0.2) is 11.5 Å². The molecule has 0 spiro atoms. The van der Waals surface area contributed by atoms with Crippen LogP contribution in [0.2, 0.25) is 5.02 Å². The van der Waals surface area contributed by atoms with E-state index in [1.54, 1.807) is 45.6 Å². The van der Waals surface area contributed by atoms with Crippen molar-refractivity contribution in [3.63, 3.8) is 0 Å². The summed E-state index contributed by atoms with van der Waals surface area (Å²) in [6.45, 7) is 6.80. The largest absolute Gasteiger partial charge is 0.493 e. The van der Waals surface area contributed by atoms with Crippen LogP contribution >= 0.6 is 11.6 Å². The van der Waals surface area contributed by atoms with E-state index >= 15 is 0 Å². The Morgan fingerprint density at radius 1 is 0.842 bits per heavy atom. The minimum Gasteiger partial charge on any atom is -0.493 e. The highest BCUT2D eigenvalue weighted by molar-refractivity contribution is 6.30. The van der Waals surface area contributed by atoms with Crippen molar-refractivity contribution in [2.75, 3.05) is 33.7 Å². The second-order valence-corrected chi connectivity index (χ2v) is 16.9. The van der Waals surface area contributed by atoms with Crippen molar-refractivity contribution in [2.45, 2.75) is 71.3 Å². The molecule has 0 aliphatic heterocycles. The fourth-order valence-corrected chi connectivity index (χ4v) is 8.70. The number of amides is 2. The molecule has 0 bridgehead atoms. The number of rotatable bonds is 9. The Balaban J connectivity index is 1.15. The fraction of sp³-hybridized carbons (Fsp3) is 0.354. The molecule has 1 aromatic heterocycles. The number of ether oxygens (including phenoxy) is 3. The molecule has 2 amide bonds. The number of hydrogen-bond donors (Lipinski definition) is 1. The monoisotopic (exact) mass is 785 g/mol. The van der Waals surface area contributed by atoms with Gasteiger partial charge in [0, 0.05) is 34.7 Å². The van der Waals surface area contributed by atoms with Gasteiger partial charge in [-0.15, -0.1) is 0 Å². The number of para-hydroxylation sites is 1. The van der Waals surface area contributed by atoms with Crippen LogP contribution in [0.4, 0.5) is 5.69 Å². The number of benzene rings is 4. The Morgan fingerprint density at radius 3 is 2.11 bits per heavy atom. The zero-order chi connectivity index (χ0) is 40.4. The molecule has 7 rings (SSSR count). The molecule has 0 radical (unpaired) electrons. The summed E-state index contributed by atoms with van der Waals surface area (Å²) in [5.74, 6) is 2.22. The van der Waals surface area contributed by atoms with Gasteiger partial charge in [0.2, 0.25) is 5.75 Å². The van der Waals surface area contributed by atoms with Gasteiger partial charge in [-0.2, -0.15) is 0 Å². The van der Waals surface area contributed by atoms with Crippen molar-refractivity contribution in [3.8, 4) is 17.2 Å². The normalized spacial score (nSPS) is 18.8. The molecule has 1 fully saturated rings. The van der Waals surface area contributed by atoms with Crippen LogP contribution in [-0.2, 0) is 6.42 Å². The highest BCUT2D eigenvalue weighted by atomic mass is 35.5. The van der Waals surface area contributed by atoms with Crippen molar-refractivity contribution in [1.82, 2.24) is 9.88 Å². The topological polar surface area (TPSA) is 90.0 Å². The van der Waals surface area contributed by atoms with Crippen LogP contribution in [-0.4, -0.2) is 56.1 Å².